The lowest BCUT2D eigenvalue weighted by atomic mass is 10.3. The van der Waals surface area contributed by atoms with Gasteiger partial charge in [0.2, 0.25) is 0 Å². The van der Waals surface area contributed by atoms with Crippen LogP contribution in [0, 0.1) is 0 Å². The van der Waals surface area contributed by atoms with Crippen molar-refractivity contribution in [3.05, 3.63) is 36.2 Å². The van der Waals surface area contributed by atoms with Gasteiger partial charge >= 0.3 is 0 Å². The van der Waals surface area contributed by atoms with Crippen LogP contribution in [0.4, 0.5) is 0 Å². The SMILES string of the molecule is C=C/C=C(N)\C=C(/C)NC.CC.CC. The lowest BCUT2D eigenvalue weighted by Gasteiger charge is -1.97. The second kappa shape index (κ2) is 17.8. The van der Waals surface area contributed by atoms with Crippen LogP contribution in [0.1, 0.15) is 34.6 Å². The Morgan fingerprint density at radius 2 is 1.64 bits per heavy atom. The molecule has 14 heavy (non-hydrogen) atoms. The fourth-order valence-electron chi connectivity index (χ4n) is 0.506. The number of nitrogens with one attached hydrogen (secondary N) is 1. The van der Waals surface area contributed by atoms with E-state index in [4.69, 9.17) is 5.73 Å². The first-order valence-electron chi connectivity index (χ1n) is 5.15. The Morgan fingerprint density at radius 3 is 1.93 bits per heavy atom. The minimum absolute atomic E-state index is 0.710. The first-order chi connectivity index (χ1) is 6.70. The summed E-state index contributed by atoms with van der Waals surface area (Å²) in [7, 11) is 1.85. The molecule has 0 saturated heterocycles. The van der Waals surface area contributed by atoms with Crippen molar-refractivity contribution in [3.8, 4) is 0 Å². The second-order valence-electron chi connectivity index (χ2n) is 1.98. The van der Waals surface area contributed by atoms with Gasteiger partial charge in [0.05, 0.1) is 0 Å². The number of allylic oxidation sites excluding steroid dienone is 4. The minimum atomic E-state index is 0.710. The van der Waals surface area contributed by atoms with Gasteiger partial charge in [0.15, 0.2) is 0 Å². The normalized spacial score (nSPS) is 10.1. The molecule has 0 aliphatic rings. The van der Waals surface area contributed by atoms with Crippen LogP contribution in [0.5, 0.6) is 0 Å². The molecule has 0 rings (SSSR count). The van der Waals surface area contributed by atoms with Crippen LogP contribution in [-0.4, -0.2) is 7.05 Å². The van der Waals surface area contributed by atoms with Gasteiger partial charge in [-0.2, -0.15) is 0 Å². The molecule has 0 aromatic rings. The van der Waals surface area contributed by atoms with Gasteiger partial charge < -0.3 is 11.1 Å². The van der Waals surface area contributed by atoms with E-state index in [-0.39, 0.29) is 0 Å². The van der Waals surface area contributed by atoms with Crippen LogP contribution in [0.15, 0.2) is 36.2 Å². The number of hydrogen-bond donors (Lipinski definition) is 2. The first-order valence-corrected chi connectivity index (χ1v) is 5.15. The molecule has 0 aliphatic carbocycles. The van der Waals surface area contributed by atoms with Crippen LogP contribution in [0.2, 0.25) is 0 Å². The highest BCUT2D eigenvalue weighted by Crippen LogP contribution is 1.91. The summed E-state index contributed by atoms with van der Waals surface area (Å²) >= 11 is 0. The molecular weight excluding hydrogens is 172 g/mol. The highest BCUT2D eigenvalue weighted by Gasteiger charge is 1.82. The van der Waals surface area contributed by atoms with Crippen LogP contribution < -0.4 is 11.1 Å². The summed E-state index contributed by atoms with van der Waals surface area (Å²) in [6.07, 6.45) is 5.26. The van der Waals surface area contributed by atoms with E-state index < -0.39 is 0 Å². The number of hydrogen-bond acceptors (Lipinski definition) is 2. The molecule has 0 unspecified atom stereocenters. The molecule has 0 amide bonds. The summed E-state index contributed by atoms with van der Waals surface area (Å²) in [6, 6.07) is 0. The quantitative estimate of drug-likeness (QED) is 0.683. The Hall–Kier alpha value is -1.18. The maximum absolute atomic E-state index is 5.53. The Bertz CT molecular complexity index is 167. The Kier molecular flexibility index (Phi) is 23.6. The largest absolute Gasteiger partial charge is 0.399 e. The maximum Gasteiger partial charge on any atom is 0.0330 e. The van der Waals surface area contributed by atoms with Gasteiger partial charge in [-0.3, -0.25) is 0 Å². The maximum atomic E-state index is 5.53. The van der Waals surface area contributed by atoms with E-state index in [9.17, 15) is 0 Å². The van der Waals surface area contributed by atoms with Crippen molar-refractivity contribution in [1.82, 2.24) is 5.32 Å². The van der Waals surface area contributed by atoms with Crippen molar-refractivity contribution in [2.75, 3.05) is 7.05 Å². The highest BCUT2D eigenvalue weighted by molar-refractivity contribution is 5.22. The standard InChI is InChI=1S/C8H14N2.2C2H6/c1-4-5-8(9)6-7(2)10-3;2*1-2/h4-6,10H,1,9H2,2-3H3;2*1-2H3/b7-6+,8-5+;;. The zero-order chi connectivity index (χ0) is 12.0. The Morgan fingerprint density at radius 1 is 1.21 bits per heavy atom. The molecule has 0 aromatic carbocycles. The van der Waals surface area contributed by atoms with Gasteiger partial charge in [-0.15, -0.1) is 0 Å². The molecule has 0 heterocycles. The Balaban J connectivity index is -0.000000266. The van der Waals surface area contributed by atoms with Gasteiger partial charge in [-0.25, -0.2) is 0 Å². The third-order valence-electron chi connectivity index (χ3n) is 1.09. The van der Waals surface area contributed by atoms with Crippen LogP contribution in [-0.2, 0) is 0 Å². The van der Waals surface area contributed by atoms with E-state index in [1.807, 2.05) is 47.7 Å². The van der Waals surface area contributed by atoms with E-state index in [0.717, 1.165) is 5.70 Å². The van der Waals surface area contributed by atoms with Crippen molar-refractivity contribution >= 4 is 0 Å². The predicted octanol–water partition coefficient (Wildman–Crippen LogP) is 3.19. The van der Waals surface area contributed by atoms with Gasteiger partial charge in [-0.1, -0.05) is 40.3 Å². The monoisotopic (exact) mass is 198 g/mol. The molecule has 0 fully saturated rings. The van der Waals surface area contributed by atoms with Gasteiger partial charge in [0.1, 0.15) is 0 Å². The molecule has 0 radical (unpaired) electrons. The van der Waals surface area contributed by atoms with E-state index in [1.165, 1.54) is 0 Å². The van der Waals surface area contributed by atoms with E-state index in [0.29, 0.717) is 5.70 Å². The smallest absolute Gasteiger partial charge is 0.0330 e. The van der Waals surface area contributed by atoms with Crippen molar-refractivity contribution < 1.29 is 0 Å². The molecule has 2 nitrogen and oxygen atoms in total. The summed E-state index contributed by atoms with van der Waals surface area (Å²) in [4.78, 5) is 0. The molecule has 0 saturated carbocycles. The van der Waals surface area contributed by atoms with Crippen LogP contribution in [0.3, 0.4) is 0 Å². The summed E-state index contributed by atoms with van der Waals surface area (Å²) in [5.74, 6) is 0. The van der Waals surface area contributed by atoms with Gasteiger partial charge in [0, 0.05) is 18.4 Å². The third-order valence-corrected chi connectivity index (χ3v) is 1.09. The van der Waals surface area contributed by atoms with Crippen LogP contribution >= 0.6 is 0 Å². The number of nitrogens with two attached hydrogens (primary N) is 1. The summed E-state index contributed by atoms with van der Waals surface area (Å²) in [6.45, 7) is 13.5. The van der Waals surface area contributed by atoms with Crippen LogP contribution in [0.25, 0.3) is 0 Å². The summed E-state index contributed by atoms with van der Waals surface area (Å²) in [5.41, 5.74) is 7.28. The molecule has 0 bridgehead atoms. The van der Waals surface area contributed by atoms with Crippen molar-refractivity contribution in [3.63, 3.8) is 0 Å². The highest BCUT2D eigenvalue weighted by atomic mass is 14.8. The zero-order valence-electron chi connectivity index (χ0n) is 10.5. The fraction of sp³-hybridized carbons (Fsp3) is 0.500. The summed E-state index contributed by atoms with van der Waals surface area (Å²) < 4.78 is 0. The lowest BCUT2D eigenvalue weighted by molar-refractivity contribution is 0.985. The Labute approximate surface area is 89.6 Å². The molecule has 0 aliphatic heterocycles. The second-order valence-corrected chi connectivity index (χ2v) is 1.98. The molecular formula is C12H26N2. The van der Waals surface area contributed by atoms with E-state index in [1.54, 1.807) is 12.2 Å². The average Bonchev–Trinajstić information content (AvgIpc) is 2.24. The predicted molar refractivity (Wildman–Crippen MR) is 68.0 cm³/mol. The average molecular weight is 198 g/mol. The zero-order valence-corrected chi connectivity index (χ0v) is 10.5. The van der Waals surface area contributed by atoms with E-state index in [2.05, 4.69) is 11.9 Å². The molecule has 84 valence electrons. The molecule has 3 N–H and O–H groups in total. The van der Waals surface area contributed by atoms with Crippen molar-refractivity contribution in [2.24, 2.45) is 5.73 Å². The van der Waals surface area contributed by atoms with E-state index >= 15 is 0 Å². The summed E-state index contributed by atoms with van der Waals surface area (Å²) in [5, 5.41) is 2.96. The number of rotatable bonds is 3. The van der Waals surface area contributed by atoms with Gasteiger partial charge in [-0.05, 0) is 19.1 Å². The fourth-order valence-corrected chi connectivity index (χ4v) is 0.506. The molecule has 0 aromatic heterocycles. The van der Waals surface area contributed by atoms with Crippen molar-refractivity contribution in [1.29, 1.82) is 0 Å². The molecule has 2 heteroatoms. The molecule has 0 atom stereocenters. The van der Waals surface area contributed by atoms with Gasteiger partial charge in [0.25, 0.3) is 0 Å². The first kappa shape index (κ1) is 18.6. The van der Waals surface area contributed by atoms with Crippen molar-refractivity contribution in [2.45, 2.75) is 34.6 Å². The lowest BCUT2D eigenvalue weighted by Crippen LogP contribution is -2.04. The topological polar surface area (TPSA) is 38.0 Å². The molecule has 0 spiro atoms. The third kappa shape index (κ3) is 17.1. The minimum Gasteiger partial charge on any atom is -0.399 e.